The summed E-state index contributed by atoms with van der Waals surface area (Å²) in [5.41, 5.74) is 0. The standard InChI is InChI=1S/C13H24N4OS.HI/c1-14-13(17-9-11-3-2-8-19-11)16-7-6-15-12(18)10-4-5-10;/h10-11H,2-9H2,1H3,(H,15,18)(H2,14,16,17);1H. The average Bonchev–Trinajstić information content (AvgIpc) is 3.15. The number of thioether (sulfide) groups is 1. The van der Waals surface area contributed by atoms with E-state index in [1.54, 1.807) is 7.05 Å². The Hall–Kier alpha value is -0.180. The van der Waals surface area contributed by atoms with Crippen LogP contribution in [-0.2, 0) is 4.79 Å². The van der Waals surface area contributed by atoms with E-state index in [4.69, 9.17) is 0 Å². The molecule has 1 amide bonds. The summed E-state index contributed by atoms with van der Waals surface area (Å²) >= 11 is 2.03. The summed E-state index contributed by atoms with van der Waals surface area (Å²) in [5.74, 6) is 2.60. The number of amides is 1. The highest BCUT2D eigenvalue weighted by Crippen LogP contribution is 2.28. The molecule has 1 saturated heterocycles. The van der Waals surface area contributed by atoms with E-state index in [9.17, 15) is 4.79 Å². The molecule has 2 fully saturated rings. The van der Waals surface area contributed by atoms with Gasteiger partial charge in [-0.15, -0.1) is 24.0 Å². The summed E-state index contributed by atoms with van der Waals surface area (Å²) in [7, 11) is 1.78. The number of aliphatic imine (C=N–C) groups is 1. The molecule has 20 heavy (non-hydrogen) atoms. The molecule has 0 aromatic heterocycles. The number of guanidine groups is 1. The van der Waals surface area contributed by atoms with Crippen molar-refractivity contribution in [1.29, 1.82) is 0 Å². The maximum Gasteiger partial charge on any atom is 0.223 e. The Morgan fingerprint density at radius 3 is 2.55 bits per heavy atom. The van der Waals surface area contributed by atoms with Gasteiger partial charge in [0, 0.05) is 37.8 Å². The number of nitrogens with one attached hydrogen (secondary N) is 3. The molecule has 1 unspecified atom stereocenters. The zero-order valence-corrected chi connectivity index (χ0v) is 15.1. The first-order chi connectivity index (χ1) is 9.29. The number of rotatable bonds is 6. The Bertz CT molecular complexity index is 330. The van der Waals surface area contributed by atoms with Crippen LogP contribution in [0.15, 0.2) is 4.99 Å². The van der Waals surface area contributed by atoms with Gasteiger partial charge in [0.2, 0.25) is 5.91 Å². The number of carbonyl (C=O) groups is 1. The van der Waals surface area contributed by atoms with Gasteiger partial charge in [-0.05, 0) is 31.4 Å². The smallest absolute Gasteiger partial charge is 0.223 e. The highest BCUT2D eigenvalue weighted by Gasteiger charge is 2.28. The molecule has 1 saturated carbocycles. The highest BCUT2D eigenvalue weighted by molar-refractivity contribution is 14.0. The summed E-state index contributed by atoms with van der Waals surface area (Å²) in [6, 6.07) is 0. The van der Waals surface area contributed by atoms with Crippen molar-refractivity contribution in [3.8, 4) is 0 Å². The molecule has 0 spiro atoms. The fourth-order valence-electron chi connectivity index (χ4n) is 2.09. The van der Waals surface area contributed by atoms with Gasteiger partial charge in [0.25, 0.3) is 0 Å². The summed E-state index contributed by atoms with van der Waals surface area (Å²) in [4.78, 5) is 15.6. The maximum atomic E-state index is 11.4. The van der Waals surface area contributed by atoms with Crippen molar-refractivity contribution in [3.05, 3.63) is 0 Å². The van der Waals surface area contributed by atoms with Crippen molar-refractivity contribution in [1.82, 2.24) is 16.0 Å². The Morgan fingerprint density at radius 1 is 1.20 bits per heavy atom. The van der Waals surface area contributed by atoms with Gasteiger partial charge in [0.15, 0.2) is 5.96 Å². The zero-order chi connectivity index (χ0) is 13.5. The van der Waals surface area contributed by atoms with Gasteiger partial charge in [0.1, 0.15) is 0 Å². The van der Waals surface area contributed by atoms with E-state index < -0.39 is 0 Å². The van der Waals surface area contributed by atoms with E-state index in [2.05, 4.69) is 20.9 Å². The molecule has 7 heteroatoms. The zero-order valence-electron chi connectivity index (χ0n) is 12.0. The molecule has 0 bridgehead atoms. The lowest BCUT2D eigenvalue weighted by Gasteiger charge is -2.14. The average molecular weight is 412 g/mol. The van der Waals surface area contributed by atoms with Crippen LogP contribution in [0.2, 0.25) is 0 Å². The van der Waals surface area contributed by atoms with Crippen molar-refractivity contribution in [3.63, 3.8) is 0 Å². The number of nitrogens with zero attached hydrogens (tertiary/aromatic N) is 1. The van der Waals surface area contributed by atoms with Crippen LogP contribution in [0.3, 0.4) is 0 Å². The summed E-state index contributed by atoms with van der Waals surface area (Å²) < 4.78 is 0. The third-order valence-electron chi connectivity index (χ3n) is 3.41. The lowest BCUT2D eigenvalue weighted by atomic mass is 10.2. The fourth-order valence-corrected chi connectivity index (χ4v) is 3.29. The van der Waals surface area contributed by atoms with Crippen molar-refractivity contribution >= 4 is 47.6 Å². The molecule has 2 aliphatic rings. The van der Waals surface area contributed by atoms with Crippen molar-refractivity contribution < 1.29 is 4.79 Å². The molecule has 5 nitrogen and oxygen atoms in total. The van der Waals surface area contributed by atoms with Crippen molar-refractivity contribution in [2.75, 3.05) is 32.4 Å². The molecular weight excluding hydrogens is 387 g/mol. The van der Waals surface area contributed by atoms with Crippen LogP contribution in [0.5, 0.6) is 0 Å². The lowest BCUT2D eigenvalue weighted by Crippen LogP contribution is -2.43. The second-order valence-electron chi connectivity index (χ2n) is 5.08. The molecule has 0 radical (unpaired) electrons. The molecule has 2 rings (SSSR count). The van der Waals surface area contributed by atoms with Crippen LogP contribution in [0.4, 0.5) is 0 Å². The normalized spacial score (nSPS) is 22.1. The molecule has 1 heterocycles. The van der Waals surface area contributed by atoms with Crippen LogP contribution < -0.4 is 16.0 Å². The molecular formula is C13H25IN4OS. The molecule has 116 valence electrons. The first kappa shape index (κ1) is 17.9. The van der Waals surface area contributed by atoms with E-state index in [-0.39, 0.29) is 35.8 Å². The third-order valence-corrected chi connectivity index (χ3v) is 4.81. The highest BCUT2D eigenvalue weighted by atomic mass is 127. The lowest BCUT2D eigenvalue weighted by molar-refractivity contribution is -0.122. The monoisotopic (exact) mass is 412 g/mol. The third kappa shape index (κ3) is 6.51. The van der Waals surface area contributed by atoms with E-state index >= 15 is 0 Å². The molecule has 1 atom stereocenters. The van der Waals surface area contributed by atoms with Gasteiger partial charge in [0.05, 0.1) is 0 Å². The van der Waals surface area contributed by atoms with Crippen molar-refractivity contribution in [2.24, 2.45) is 10.9 Å². The Kier molecular flexibility index (Phi) is 8.67. The maximum absolute atomic E-state index is 11.4. The minimum atomic E-state index is 0. The van der Waals surface area contributed by atoms with E-state index in [0.29, 0.717) is 11.8 Å². The number of halogens is 1. The van der Waals surface area contributed by atoms with Crippen LogP contribution in [0.1, 0.15) is 25.7 Å². The molecule has 1 aliphatic carbocycles. The predicted octanol–water partition coefficient (Wildman–Crippen LogP) is 1.19. The van der Waals surface area contributed by atoms with Gasteiger partial charge in [-0.1, -0.05) is 0 Å². The van der Waals surface area contributed by atoms with E-state index in [0.717, 1.165) is 31.9 Å². The summed E-state index contributed by atoms with van der Waals surface area (Å²) in [5, 5.41) is 10.2. The van der Waals surface area contributed by atoms with Gasteiger partial charge >= 0.3 is 0 Å². The molecule has 0 aromatic rings. The minimum Gasteiger partial charge on any atom is -0.355 e. The van der Waals surface area contributed by atoms with Crippen LogP contribution in [0.25, 0.3) is 0 Å². The SMILES string of the molecule is CN=C(NCCNC(=O)C1CC1)NCC1CCCS1.I. The Balaban J connectivity index is 0.00000200. The largest absolute Gasteiger partial charge is 0.355 e. The molecule has 1 aliphatic heterocycles. The van der Waals surface area contributed by atoms with Gasteiger partial charge in [-0.3, -0.25) is 9.79 Å². The topological polar surface area (TPSA) is 65.5 Å². The van der Waals surface area contributed by atoms with Crippen LogP contribution in [-0.4, -0.2) is 49.6 Å². The van der Waals surface area contributed by atoms with Gasteiger partial charge in [-0.25, -0.2) is 0 Å². The van der Waals surface area contributed by atoms with E-state index in [1.807, 2.05) is 11.8 Å². The van der Waals surface area contributed by atoms with Crippen LogP contribution >= 0.6 is 35.7 Å². The first-order valence-corrected chi connectivity index (χ1v) is 8.18. The number of hydrogen-bond donors (Lipinski definition) is 3. The Morgan fingerprint density at radius 2 is 1.95 bits per heavy atom. The number of carbonyl (C=O) groups excluding carboxylic acids is 1. The second kappa shape index (κ2) is 9.70. The summed E-state index contributed by atoms with van der Waals surface area (Å²) in [6.07, 6.45) is 4.74. The van der Waals surface area contributed by atoms with Crippen LogP contribution in [0, 0.1) is 5.92 Å². The number of hydrogen-bond acceptors (Lipinski definition) is 3. The first-order valence-electron chi connectivity index (χ1n) is 7.13. The van der Waals surface area contributed by atoms with Gasteiger partial charge in [-0.2, -0.15) is 11.8 Å². The fraction of sp³-hybridized carbons (Fsp3) is 0.846. The molecule has 0 aromatic carbocycles. The van der Waals surface area contributed by atoms with E-state index in [1.165, 1.54) is 18.6 Å². The quantitative estimate of drug-likeness (QED) is 0.266. The predicted molar refractivity (Wildman–Crippen MR) is 96.0 cm³/mol. The molecule has 3 N–H and O–H groups in total. The Labute approximate surface area is 142 Å². The van der Waals surface area contributed by atoms with Crippen molar-refractivity contribution in [2.45, 2.75) is 30.9 Å². The van der Waals surface area contributed by atoms with Gasteiger partial charge < -0.3 is 16.0 Å². The second-order valence-corrected chi connectivity index (χ2v) is 6.49. The summed E-state index contributed by atoms with van der Waals surface area (Å²) in [6.45, 7) is 2.35. The minimum absolute atomic E-state index is 0.